The molecule has 1 aromatic carbocycles. The number of nitrogens with zero attached hydrogens (tertiary/aromatic N) is 2. The van der Waals surface area contributed by atoms with E-state index >= 15 is 0 Å². The van der Waals surface area contributed by atoms with Crippen molar-refractivity contribution in [2.24, 2.45) is 5.73 Å². The predicted octanol–water partition coefficient (Wildman–Crippen LogP) is 0.778. The van der Waals surface area contributed by atoms with Crippen LogP contribution in [0.2, 0.25) is 0 Å². The second-order valence-corrected chi connectivity index (χ2v) is 4.82. The Morgan fingerprint density at radius 3 is 2.53 bits per heavy atom. The van der Waals surface area contributed by atoms with Crippen LogP contribution >= 0.6 is 0 Å². The molecule has 0 radical (unpaired) electrons. The Bertz CT molecular complexity index is 442. The molecule has 0 bridgehead atoms. The Labute approximate surface area is 113 Å². The van der Waals surface area contributed by atoms with Crippen LogP contribution in [0, 0.1) is 0 Å². The second kappa shape index (κ2) is 5.93. The average Bonchev–Trinajstić information content (AvgIpc) is 2.46. The summed E-state index contributed by atoms with van der Waals surface area (Å²) in [7, 11) is 0. The lowest BCUT2D eigenvalue weighted by Gasteiger charge is -2.37. The molecule has 5 nitrogen and oxygen atoms in total. The highest BCUT2D eigenvalue weighted by Crippen LogP contribution is 2.27. The number of nitrogens with two attached hydrogens (primary N) is 1. The molecule has 2 rings (SSSR count). The minimum atomic E-state index is -0.392. The predicted molar refractivity (Wildman–Crippen MR) is 75.2 cm³/mol. The zero-order valence-corrected chi connectivity index (χ0v) is 11.2. The first-order valence-corrected chi connectivity index (χ1v) is 6.70. The maximum atomic E-state index is 12.0. The molecule has 1 amide bonds. The van der Waals surface area contributed by atoms with Crippen LogP contribution in [0.15, 0.2) is 24.3 Å². The van der Waals surface area contributed by atoms with Crippen LogP contribution in [-0.2, 0) is 4.79 Å². The van der Waals surface area contributed by atoms with Crippen LogP contribution < -0.4 is 10.6 Å². The Kier molecular flexibility index (Phi) is 4.27. The van der Waals surface area contributed by atoms with Gasteiger partial charge in [0.15, 0.2) is 0 Å². The number of carbonyl (C=O) groups is 1. The molecule has 1 saturated heterocycles. The highest BCUT2D eigenvalue weighted by atomic mass is 16.3. The van der Waals surface area contributed by atoms with Crippen molar-refractivity contribution in [2.75, 3.05) is 31.1 Å². The Hall–Kier alpha value is -1.75. The van der Waals surface area contributed by atoms with Crippen molar-refractivity contribution in [3.8, 4) is 5.75 Å². The van der Waals surface area contributed by atoms with Gasteiger partial charge in [-0.1, -0.05) is 19.1 Å². The Morgan fingerprint density at radius 1 is 1.32 bits per heavy atom. The number of phenols is 1. The number of aromatic hydroxyl groups is 1. The first kappa shape index (κ1) is 13.7. The van der Waals surface area contributed by atoms with E-state index < -0.39 is 6.04 Å². The van der Waals surface area contributed by atoms with Gasteiger partial charge in [-0.15, -0.1) is 0 Å². The number of rotatable bonds is 3. The van der Waals surface area contributed by atoms with Gasteiger partial charge in [0, 0.05) is 26.2 Å². The van der Waals surface area contributed by atoms with Crippen LogP contribution in [0.5, 0.6) is 5.75 Å². The maximum absolute atomic E-state index is 12.0. The smallest absolute Gasteiger partial charge is 0.239 e. The molecule has 104 valence electrons. The van der Waals surface area contributed by atoms with E-state index in [1.807, 2.05) is 24.0 Å². The van der Waals surface area contributed by atoms with Gasteiger partial charge in [0.05, 0.1) is 11.7 Å². The molecule has 5 heteroatoms. The largest absolute Gasteiger partial charge is 0.506 e. The SMILES string of the molecule is CCC(N)C(=O)N1CCN(c2ccccc2O)CC1. The van der Waals surface area contributed by atoms with Crippen LogP contribution in [0.3, 0.4) is 0 Å². The van der Waals surface area contributed by atoms with Crippen molar-refractivity contribution >= 4 is 11.6 Å². The minimum absolute atomic E-state index is 0.0273. The highest BCUT2D eigenvalue weighted by molar-refractivity contribution is 5.81. The van der Waals surface area contributed by atoms with Crippen LogP contribution in [0.1, 0.15) is 13.3 Å². The number of benzene rings is 1. The van der Waals surface area contributed by atoms with E-state index in [9.17, 15) is 9.90 Å². The summed E-state index contributed by atoms with van der Waals surface area (Å²) in [6, 6.07) is 6.89. The Morgan fingerprint density at radius 2 is 1.95 bits per heavy atom. The molecule has 19 heavy (non-hydrogen) atoms. The summed E-state index contributed by atoms with van der Waals surface area (Å²) in [5.41, 5.74) is 6.60. The van der Waals surface area contributed by atoms with Crippen molar-refractivity contribution in [1.82, 2.24) is 4.90 Å². The number of amides is 1. The molecule has 0 spiro atoms. The molecule has 1 unspecified atom stereocenters. The zero-order valence-electron chi connectivity index (χ0n) is 11.2. The molecule has 1 aliphatic heterocycles. The third kappa shape index (κ3) is 2.98. The van der Waals surface area contributed by atoms with Crippen LogP contribution in [0.4, 0.5) is 5.69 Å². The number of piperazine rings is 1. The molecule has 0 aliphatic carbocycles. The third-order valence-electron chi connectivity index (χ3n) is 3.57. The summed E-state index contributed by atoms with van der Waals surface area (Å²) in [5.74, 6) is 0.312. The van der Waals surface area contributed by atoms with Gasteiger partial charge >= 0.3 is 0 Å². The van der Waals surface area contributed by atoms with Crippen molar-refractivity contribution in [1.29, 1.82) is 0 Å². The summed E-state index contributed by atoms with van der Waals surface area (Å²) >= 11 is 0. The van der Waals surface area contributed by atoms with Gasteiger partial charge in [-0.2, -0.15) is 0 Å². The van der Waals surface area contributed by atoms with E-state index in [1.54, 1.807) is 12.1 Å². The van der Waals surface area contributed by atoms with Crippen LogP contribution in [-0.4, -0.2) is 48.1 Å². The monoisotopic (exact) mass is 263 g/mol. The van der Waals surface area contributed by atoms with E-state index in [1.165, 1.54) is 0 Å². The van der Waals surface area contributed by atoms with Crippen molar-refractivity contribution in [2.45, 2.75) is 19.4 Å². The number of para-hydroxylation sites is 2. The van der Waals surface area contributed by atoms with Crippen molar-refractivity contribution in [3.63, 3.8) is 0 Å². The van der Waals surface area contributed by atoms with Gasteiger partial charge in [-0.25, -0.2) is 0 Å². The van der Waals surface area contributed by atoms with Gasteiger partial charge in [-0.05, 0) is 18.6 Å². The maximum Gasteiger partial charge on any atom is 0.239 e. The van der Waals surface area contributed by atoms with Gasteiger partial charge in [0.25, 0.3) is 0 Å². The van der Waals surface area contributed by atoms with E-state index in [-0.39, 0.29) is 11.7 Å². The van der Waals surface area contributed by atoms with E-state index in [2.05, 4.69) is 4.90 Å². The molecule has 0 aromatic heterocycles. The molecular weight excluding hydrogens is 242 g/mol. The second-order valence-electron chi connectivity index (χ2n) is 4.82. The first-order chi connectivity index (χ1) is 9.13. The van der Waals surface area contributed by atoms with Gasteiger partial charge < -0.3 is 20.6 Å². The van der Waals surface area contributed by atoms with Crippen LogP contribution in [0.25, 0.3) is 0 Å². The Balaban J connectivity index is 1.96. The van der Waals surface area contributed by atoms with E-state index in [0.717, 1.165) is 18.8 Å². The fourth-order valence-electron chi connectivity index (χ4n) is 2.31. The zero-order chi connectivity index (χ0) is 13.8. The fourth-order valence-corrected chi connectivity index (χ4v) is 2.31. The molecule has 1 heterocycles. The number of anilines is 1. The van der Waals surface area contributed by atoms with Crippen molar-refractivity contribution in [3.05, 3.63) is 24.3 Å². The lowest BCUT2D eigenvalue weighted by Crippen LogP contribution is -2.53. The quantitative estimate of drug-likeness (QED) is 0.845. The standard InChI is InChI=1S/C14H21N3O2/c1-2-11(15)14(19)17-9-7-16(8-10-17)12-5-3-4-6-13(12)18/h3-6,11,18H,2,7-10,15H2,1H3. The molecule has 1 aromatic rings. The topological polar surface area (TPSA) is 69.8 Å². The summed E-state index contributed by atoms with van der Waals surface area (Å²) in [6.07, 6.45) is 0.665. The number of hydrogen-bond acceptors (Lipinski definition) is 4. The lowest BCUT2D eigenvalue weighted by molar-refractivity contribution is -0.132. The number of carbonyl (C=O) groups excluding carboxylic acids is 1. The third-order valence-corrected chi connectivity index (χ3v) is 3.57. The summed E-state index contributed by atoms with van der Waals surface area (Å²) in [5, 5.41) is 9.82. The summed E-state index contributed by atoms with van der Waals surface area (Å²) in [4.78, 5) is 15.9. The van der Waals surface area contributed by atoms with Gasteiger partial charge in [-0.3, -0.25) is 4.79 Å². The molecule has 3 N–H and O–H groups in total. The van der Waals surface area contributed by atoms with E-state index in [0.29, 0.717) is 19.5 Å². The lowest BCUT2D eigenvalue weighted by atomic mass is 10.2. The van der Waals surface area contributed by atoms with E-state index in [4.69, 9.17) is 5.73 Å². The highest BCUT2D eigenvalue weighted by Gasteiger charge is 2.25. The summed E-state index contributed by atoms with van der Waals surface area (Å²) < 4.78 is 0. The molecule has 0 saturated carbocycles. The summed E-state index contributed by atoms with van der Waals surface area (Å²) in [6.45, 7) is 4.67. The van der Waals surface area contributed by atoms with Gasteiger partial charge in [0.2, 0.25) is 5.91 Å². The number of phenolic OH excluding ortho intramolecular Hbond substituents is 1. The fraction of sp³-hybridized carbons (Fsp3) is 0.500. The number of hydrogen-bond donors (Lipinski definition) is 2. The van der Waals surface area contributed by atoms with Crippen molar-refractivity contribution < 1.29 is 9.90 Å². The normalized spacial score (nSPS) is 17.4. The van der Waals surface area contributed by atoms with Gasteiger partial charge in [0.1, 0.15) is 5.75 Å². The molecular formula is C14H21N3O2. The first-order valence-electron chi connectivity index (χ1n) is 6.70. The molecule has 1 fully saturated rings. The average molecular weight is 263 g/mol. The molecule has 1 aliphatic rings. The minimum Gasteiger partial charge on any atom is -0.506 e. The molecule has 1 atom stereocenters.